The van der Waals surface area contributed by atoms with E-state index in [2.05, 4.69) is 39.8 Å². The molecule has 1 unspecified atom stereocenters. The fraction of sp³-hybridized carbons (Fsp3) is 0.500. The standard InChI is InChI=1S/C22H32O3/c1-16(8-6-9-17(2)14-19(23)15-21(24)25)11-12-20-18(3)10-7-13-22(20,4)5/h6,8-9,11-12,14,19,23H,7,10,13,15H2,1-5H3,(H,24,25). The van der Waals surface area contributed by atoms with Crippen LogP contribution >= 0.6 is 0 Å². The van der Waals surface area contributed by atoms with Crippen molar-refractivity contribution in [3.63, 3.8) is 0 Å². The first-order valence-corrected chi connectivity index (χ1v) is 8.93. The summed E-state index contributed by atoms with van der Waals surface area (Å²) < 4.78 is 0. The summed E-state index contributed by atoms with van der Waals surface area (Å²) in [6.07, 6.45) is 14.2. The smallest absolute Gasteiger partial charge is 0.306 e. The van der Waals surface area contributed by atoms with E-state index in [1.807, 2.05) is 25.2 Å². The Morgan fingerprint density at radius 3 is 2.52 bits per heavy atom. The molecule has 0 radical (unpaired) electrons. The number of allylic oxidation sites excluding steroid dienone is 9. The van der Waals surface area contributed by atoms with Gasteiger partial charge in [-0.1, -0.05) is 67.0 Å². The quantitative estimate of drug-likeness (QED) is 0.612. The van der Waals surface area contributed by atoms with Crippen LogP contribution in [0.2, 0.25) is 0 Å². The average Bonchev–Trinajstić information content (AvgIpc) is 2.44. The molecule has 0 bridgehead atoms. The highest BCUT2D eigenvalue weighted by Gasteiger charge is 2.26. The van der Waals surface area contributed by atoms with E-state index < -0.39 is 12.1 Å². The van der Waals surface area contributed by atoms with Crippen LogP contribution < -0.4 is 0 Å². The van der Waals surface area contributed by atoms with E-state index in [1.165, 1.54) is 30.4 Å². The molecule has 0 aliphatic heterocycles. The van der Waals surface area contributed by atoms with Crippen molar-refractivity contribution < 1.29 is 15.0 Å². The molecule has 3 heteroatoms. The molecule has 3 nitrogen and oxygen atoms in total. The van der Waals surface area contributed by atoms with Crippen LogP contribution in [0.15, 0.2) is 58.7 Å². The van der Waals surface area contributed by atoms with Crippen molar-refractivity contribution in [3.8, 4) is 0 Å². The van der Waals surface area contributed by atoms with Gasteiger partial charge in [0.2, 0.25) is 0 Å². The Morgan fingerprint density at radius 2 is 1.92 bits per heavy atom. The van der Waals surface area contributed by atoms with E-state index >= 15 is 0 Å². The third-order valence-corrected chi connectivity index (χ3v) is 4.61. The molecule has 138 valence electrons. The van der Waals surface area contributed by atoms with Crippen molar-refractivity contribution in [2.45, 2.75) is 66.4 Å². The second-order valence-electron chi connectivity index (χ2n) is 7.61. The monoisotopic (exact) mass is 344 g/mol. The SMILES string of the molecule is CC(C=CC1=C(C)CCCC1(C)C)=CC=CC(C)=CC(O)CC(=O)O. The van der Waals surface area contributed by atoms with Crippen LogP contribution in [0.4, 0.5) is 0 Å². The topological polar surface area (TPSA) is 57.5 Å². The largest absolute Gasteiger partial charge is 0.481 e. The van der Waals surface area contributed by atoms with Gasteiger partial charge in [0.1, 0.15) is 0 Å². The highest BCUT2D eigenvalue weighted by Crippen LogP contribution is 2.40. The summed E-state index contributed by atoms with van der Waals surface area (Å²) in [4.78, 5) is 10.5. The van der Waals surface area contributed by atoms with Crippen LogP contribution in [0.3, 0.4) is 0 Å². The minimum absolute atomic E-state index is 0.245. The predicted octanol–water partition coefficient (Wildman–Crippen LogP) is 5.35. The molecule has 0 aromatic rings. The van der Waals surface area contributed by atoms with Gasteiger partial charge in [-0.05, 0) is 51.0 Å². The third-order valence-electron chi connectivity index (χ3n) is 4.61. The Kier molecular flexibility index (Phi) is 8.11. The highest BCUT2D eigenvalue weighted by molar-refractivity contribution is 5.67. The molecular weight excluding hydrogens is 312 g/mol. The molecule has 0 amide bonds. The Balaban J connectivity index is 2.72. The zero-order valence-corrected chi connectivity index (χ0v) is 16.2. The molecule has 0 aromatic heterocycles. The zero-order chi connectivity index (χ0) is 19.0. The number of aliphatic hydroxyl groups is 1. The number of carboxylic acid groups (broad SMARTS) is 1. The molecule has 0 heterocycles. The average molecular weight is 344 g/mol. The van der Waals surface area contributed by atoms with Crippen molar-refractivity contribution in [2.24, 2.45) is 5.41 Å². The van der Waals surface area contributed by atoms with Gasteiger partial charge in [0, 0.05) is 0 Å². The highest BCUT2D eigenvalue weighted by atomic mass is 16.4. The van der Waals surface area contributed by atoms with Gasteiger partial charge in [0.15, 0.2) is 0 Å². The number of rotatable bonds is 7. The Labute approximate surface area is 152 Å². The maximum absolute atomic E-state index is 10.5. The van der Waals surface area contributed by atoms with Crippen molar-refractivity contribution in [3.05, 3.63) is 58.7 Å². The van der Waals surface area contributed by atoms with E-state index in [0.29, 0.717) is 0 Å². The van der Waals surface area contributed by atoms with E-state index in [9.17, 15) is 9.90 Å². The summed E-state index contributed by atoms with van der Waals surface area (Å²) >= 11 is 0. The summed E-state index contributed by atoms with van der Waals surface area (Å²) in [5.74, 6) is -1.00. The maximum Gasteiger partial charge on any atom is 0.306 e. The van der Waals surface area contributed by atoms with Crippen LogP contribution in [0, 0.1) is 5.41 Å². The van der Waals surface area contributed by atoms with Gasteiger partial charge >= 0.3 is 5.97 Å². The molecule has 1 rings (SSSR count). The summed E-state index contributed by atoms with van der Waals surface area (Å²) in [6, 6.07) is 0. The van der Waals surface area contributed by atoms with Crippen molar-refractivity contribution >= 4 is 5.97 Å². The molecule has 0 fully saturated rings. The normalized spacial score (nSPS) is 20.6. The number of hydrogen-bond acceptors (Lipinski definition) is 2. The Bertz CT molecular complexity index is 628. The van der Waals surface area contributed by atoms with Gasteiger partial charge in [-0.2, -0.15) is 0 Å². The van der Waals surface area contributed by atoms with E-state index in [4.69, 9.17) is 5.11 Å². The second-order valence-corrected chi connectivity index (χ2v) is 7.61. The maximum atomic E-state index is 10.5. The third kappa shape index (κ3) is 7.70. The second kappa shape index (κ2) is 9.57. The zero-order valence-electron chi connectivity index (χ0n) is 16.2. The van der Waals surface area contributed by atoms with Crippen LogP contribution in [-0.2, 0) is 4.79 Å². The van der Waals surface area contributed by atoms with Crippen LogP contribution in [-0.4, -0.2) is 22.3 Å². The van der Waals surface area contributed by atoms with Gasteiger partial charge in [0.05, 0.1) is 12.5 Å². The van der Waals surface area contributed by atoms with Gasteiger partial charge in [-0.25, -0.2) is 0 Å². The van der Waals surface area contributed by atoms with Crippen LogP contribution in [0.25, 0.3) is 0 Å². The van der Waals surface area contributed by atoms with Gasteiger partial charge in [-0.15, -0.1) is 0 Å². The minimum atomic E-state index is -1.00. The lowest BCUT2D eigenvalue weighted by Crippen LogP contribution is -2.19. The fourth-order valence-corrected chi connectivity index (χ4v) is 3.23. The molecule has 0 spiro atoms. The first-order valence-electron chi connectivity index (χ1n) is 8.93. The number of aliphatic carboxylic acids is 1. The lowest BCUT2D eigenvalue weighted by atomic mass is 9.72. The summed E-state index contributed by atoms with van der Waals surface area (Å²) in [6.45, 7) is 10.8. The molecule has 0 aromatic carbocycles. The van der Waals surface area contributed by atoms with E-state index in [-0.39, 0.29) is 11.8 Å². The molecule has 0 saturated heterocycles. The summed E-state index contributed by atoms with van der Waals surface area (Å²) in [5.41, 5.74) is 5.17. The lowest BCUT2D eigenvalue weighted by Gasteiger charge is -2.32. The molecule has 1 atom stereocenters. The number of carbonyl (C=O) groups is 1. The summed E-state index contributed by atoms with van der Waals surface area (Å²) in [5, 5.41) is 18.2. The van der Waals surface area contributed by atoms with Gasteiger partial charge < -0.3 is 10.2 Å². The number of carboxylic acids is 1. The van der Waals surface area contributed by atoms with Crippen molar-refractivity contribution in [1.82, 2.24) is 0 Å². The van der Waals surface area contributed by atoms with E-state index in [1.54, 1.807) is 6.08 Å². The molecule has 1 aliphatic carbocycles. The van der Waals surface area contributed by atoms with Crippen LogP contribution in [0.5, 0.6) is 0 Å². The Hall–Kier alpha value is -1.87. The molecule has 0 saturated carbocycles. The number of aliphatic hydroxyl groups excluding tert-OH is 1. The lowest BCUT2D eigenvalue weighted by molar-refractivity contribution is -0.138. The van der Waals surface area contributed by atoms with Crippen LogP contribution in [0.1, 0.15) is 60.3 Å². The number of hydrogen-bond donors (Lipinski definition) is 2. The first kappa shape index (κ1) is 21.2. The predicted molar refractivity (Wildman–Crippen MR) is 104 cm³/mol. The van der Waals surface area contributed by atoms with Gasteiger partial charge in [0.25, 0.3) is 0 Å². The summed E-state index contributed by atoms with van der Waals surface area (Å²) in [7, 11) is 0. The molecule has 25 heavy (non-hydrogen) atoms. The van der Waals surface area contributed by atoms with E-state index in [0.717, 1.165) is 11.1 Å². The van der Waals surface area contributed by atoms with Gasteiger partial charge in [-0.3, -0.25) is 4.79 Å². The fourth-order valence-electron chi connectivity index (χ4n) is 3.23. The van der Waals surface area contributed by atoms with Crippen molar-refractivity contribution in [2.75, 3.05) is 0 Å². The molecule has 2 N–H and O–H groups in total. The molecular formula is C22H32O3. The van der Waals surface area contributed by atoms with Crippen molar-refractivity contribution in [1.29, 1.82) is 0 Å². The Morgan fingerprint density at radius 1 is 1.24 bits per heavy atom. The minimum Gasteiger partial charge on any atom is -0.481 e. The first-order chi connectivity index (χ1) is 11.6. The molecule has 1 aliphatic rings.